The molecule has 1 fully saturated rings. The average Bonchev–Trinajstić information content (AvgIpc) is 2.73. The number of aliphatic hydroxyl groups excluding tert-OH is 2. The van der Waals surface area contributed by atoms with Crippen LogP contribution < -0.4 is 4.74 Å². The van der Waals surface area contributed by atoms with Gasteiger partial charge in [0.1, 0.15) is 11.8 Å². The number of rotatable bonds is 6. The minimum absolute atomic E-state index is 0.127. The lowest BCUT2D eigenvalue weighted by molar-refractivity contribution is -0.113. The summed E-state index contributed by atoms with van der Waals surface area (Å²) in [7, 11) is 1.55. The Labute approximate surface area is 166 Å². The summed E-state index contributed by atoms with van der Waals surface area (Å²) >= 11 is 0. The highest BCUT2D eigenvalue weighted by atomic mass is 16.5. The second-order valence-corrected chi connectivity index (χ2v) is 7.27. The van der Waals surface area contributed by atoms with Crippen LogP contribution in [0, 0.1) is 11.3 Å². The predicted octanol–water partition coefficient (Wildman–Crippen LogP) is 3.29. The number of nitrogens with zero attached hydrogens (tertiary/aromatic N) is 1. The summed E-state index contributed by atoms with van der Waals surface area (Å²) in [5.74, 6) is 0.504. The lowest BCUT2D eigenvalue weighted by Gasteiger charge is -2.33. The van der Waals surface area contributed by atoms with Gasteiger partial charge in [-0.1, -0.05) is 37.3 Å². The first-order chi connectivity index (χ1) is 13.6. The van der Waals surface area contributed by atoms with E-state index in [-0.39, 0.29) is 18.8 Å². The van der Waals surface area contributed by atoms with Gasteiger partial charge in [0, 0.05) is 12.8 Å². The number of aryl methyl sites for hydroxylation is 1. The van der Waals surface area contributed by atoms with Gasteiger partial charge in [0.2, 0.25) is 0 Å². The number of ether oxygens (including phenoxy) is 2. The molecule has 3 atom stereocenters. The summed E-state index contributed by atoms with van der Waals surface area (Å²) < 4.78 is 11.4. The Hall–Kier alpha value is -2.39. The van der Waals surface area contributed by atoms with Crippen molar-refractivity contribution in [2.75, 3.05) is 13.7 Å². The number of hydrogen-bond donors (Lipinski definition) is 2. The van der Waals surface area contributed by atoms with Crippen LogP contribution in [0.4, 0.5) is 0 Å². The topological polar surface area (TPSA) is 82.7 Å². The van der Waals surface area contributed by atoms with E-state index >= 15 is 0 Å². The molecule has 0 bridgehead atoms. The highest BCUT2D eigenvalue weighted by Gasteiger charge is 2.30. The van der Waals surface area contributed by atoms with Gasteiger partial charge in [0.25, 0.3) is 0 Å². The van der Waals surface area contributed by atoms with Crippen LogP contribution in [-0.4, -0.2) is 36.1 Å². The first-order valence-corrected chi connectivity index (χ1v) is 9.71. The maximum Gasteiger partial charge on any atom is 0.137 e. The van der Waals surface area contributed by atoms with Crippen LogP contribution in [0.5, 0.6) is 5.75 Å². The molecule has 1 heterocycles. The maximum atomic E-state index is 10.1. The Bertz CT molecular complexity index is 841. The molecule has 5 heteroatoms. The molecular weight excluding hydrogens is 354 g/mol. The van der Waals surface area contributed by atoms with E-state index in [0.29, 0.717) is 30.6 Å². The Kier molecular flexibility index (Phi) is 6.69. The predicted molar refractivity (Wildman–Crippen MR) is 106 cm³/mol. The molecule has 2 N–H and O–H groups in total. The molecule has 3 rings (SSSR count). The molecule has 0 saturated carbocycles. The molecule has 5 nitrogen and oxygen atoms in total. The third kappa shape index (κ3) is 4.53. The summed E-state index contributed by atoms with van der Waals surface area (Å²) in [6.07, 6.45) is 1.22. The zero-order valence-corrected chi connectivity index (χ0v) is 16.4. The zero-order chi connectivity index (χ0) is 20.1. The Morgan fingerprint density at radius 2 is 1.89 bits per heavy atom. The summed E-state index contributed by atoms with van der Waals surface area (Å²) in [4.78, 5) is 0. The number of methoxy groups -OCH3 is 1. The smallest absolute Gasteiger partial charge is 0.137 e. The molecule has 0 radical (unpaired) electrons. The molecule has 1 saturated heterocycles. The lowest BCUT2D eigenvalue weighted by Crippen LogP contribution is -2.33. The van der Waals surface area contributed by atoms with Gasteiger partial charge in [0.05, 0.1) is 37.6 Å². The van der Waals surface area contributed by atoms with Gasteiger partial charge in [-0.05, 0) is 41.2 Å². The minimum atomic E-state index is -0.525. The monoisotopic (exact) mass is 381 g/mol. The van der Waals surface area contributed by atoms with Gasteiger partial charge in [-0.3, -0.25) is 0 Å². The summed E-state index contributed by atoms with van der Waals surface area (Å²) in [6.45, 7) is 1.99. The van der Waals surface area contributed by atoms with E-state index in [1.807, 2.05) is 6.07 Å². The quantitative estimate of drug-likeness (QED) is 0.802. The van der Waals surface area contributed by atoms with E-state index in [0.717, 1.165) is 23.1 Å². The lowest BCUT2D eigenvalue weighted by atomic mass is 9.91. The largest absolute Gasteiger partial charge is 0.495 e. The number of hydrogen-bond acceptors (Lipinski definition) is 5. The van der Waals surface area contributed by atoms with Gasteiger partial charge in [-0.15, -0.1) is 0 Å². The minimum Gasteiger partial charge on any atom is -0.495 e. The van der Waals surface area contributed by atoms with Crippen molar-refractivity contribution in [3.63, 3.8) is 0 Å². The highest BCUT2D eigenvalue weighted by molar-refractivity contribution is 5.53. The summed E-state index contributed by atoms with van der Waals surface area (Å²) in [5.41, 5.74) is 4.63. The van der Waals surface area contributed by atoms with Crippen LogP contribution in [0.15, 0.2) is 36.4 Å². The first kappa shape index (κ1) is 20.3. The molecule has 3 unspecified atom stereocenters. The molecule has 0 spiro atoms. The normalized spacial score (nSPS) is 21.9. The summed E-state index contributed by atoms with van der Waals surface area (Å²) in [6, 6.07) is 14.4. The second kappa shape index (κ2) is 9.20. The SMILES string of the molecule is CCc1ccc(Cc2cc(C3CC(O)CC(CO)O3)cc(OC)c2C#N)cc1. The molecule has 0 aromatic heterocycles. The van der Waals surface area contributed by atoms with Crippen LogP contribution in [0.1, 0.15) is 53.7 Å². The first-order valence-electron chi connectivity index (χ1n) is 9.71. The second-order valence-electron chi connectivity index (χ2n) is 7.27. The number of benzene rings is 2. The van der Waals surface area contributed by atoms with Gasteiger partial charge < -0.3 is 19.7 Å². The highest BCUT2D eigenvalue weighted by Crippen LogP contribution is 2.36. The van der Waals surface area contributed by atoms with Crippen molar-refractivity contribution < 1.29 is 19.7 Å². The molecule has 1 aliphatic heterocycles. The van der Waals surface area contributed by atoms with Crippen molar-refractivity contribution >= 4 is 0 Å². The van der Waals surface area contributed by atoms with E-state index in [2.05, 4.69) is 37.3 Å². The van der Waals surface area contributed by atoms with Crippen molar-refractivity contribution in [1.29, 1.82) is 5.26 Å². The fourth-order valence-corrected chi connectivity index (χ4v) is 3.75. The third-order valence-electron chi connectivity index (χ3n) is 5.32. The molecule has 2 aromatic rings. The van der Waals surface area contributed by atoms with Crippen molar-refractivity contribution in [2.45, 2.75) is 50.9 Å². The van der Waals surface area contributed by atoms with E-state index < -0.39 is 6.10 Å². The molecular formula is C23H27NO4. The van der Waals surface area contributed by atoms with Crippen LogP contribution in [0.2, 0.25) is 0 Å². The van der Waals surface area contributed by atoms with Crippen molar-refractivity contribution in [3.8, 4) is 11.8 Å². The van der Waals surface area contributed by atoms with Gasteiger partial charge >= 0.3 is 0 Å². The number of aliphatic hydroxyl groups is 2. The molecule has 1 aliphatic rings. The fourth-order valence-electron chi connectivity index (χ4n) is 3.75. The Morgan fingerprint density at radius 1 is 1.18 bits per heavy atom. The van der Waals surface area contributed by atoms with E-state index in [4.69, 9.17) is 9.47 Å². The van der Waals surface area contributed by atoms with E-state index in [1.165, 1.54) is 5.56 Å². The van der Waals surface area contributed by atoms with E-state index in [9.17, 15) is 15.5 Å². The van der Waals surface area contributed by atoms with Gasteiger partial charge in [0.15, 0.2) is 0 Å². The zero-order valence-electron chi connectivity index (χ0n) is 16.4. The summed E-state index contributed by atoms with van der Waals surface area (Å²) in [5, 5.41) is 29.3. The fraction of sp³-hybridized carbons (Fsp3) is 0.435. The molecule has 148 valence electrons. The number of nitriles is 1. The molecule has 2 aromatic carbocycles. The Morgan fingerprint density at radius 3 is 2.50 bits per heavy atom. The van der Waals surface area contributed by atoms with E-state index in [1.54, 1.807) is 13.2 Å². The van der Waals surface area contributed by atoms with Crippen LogP contribution >= 0.6 is 0 Å². The molecule has 28 heavy (non-hydrogen) atoms. The van der Waals surface area contributed by atoms with Gasteiger partial charge in [-0.2, -0.15) is 5.26 Å². The third-order valence-corrected chi connectivity index (χ3v) is 5.32. The van der Waals surface area contributed by atoms with Crippen LogP contribution in [0.25, 0.3) is 0 Å². The van der Waals surface area contributed by atoms with Gasteiger partial charge in [-0.25, -0.2) is 0 Å². The average molecular weight is 381 g/mol. The van der Waals surface area contributed by atoms with Crippen molar-refractivity contribution in [3.05, 3.63) is 64.2 Å². The standard InChI is InChI=1S/C23H27NO4/c1-3-15-4-6-16(7-5-15)8-17-9-18(10-23(27-2)21(17)13-24)22-12-19(26)11-20(14-25)28-22/h4-7,9-10,19-20,22,25-26H,3,8,11-12,14H2,1-2H3. The molecule has 0 amide bonds. The maximum absolute atomic E-state index is 10.1. The Balaban J connectivity index is 1.96. The van der Waals surface area contributed by atoms with Crippen LogP contribution in [0.3, 0.4) is 0 Å². The van der Waals surface area contributed by atoms with Crippen LogP contribution in [-0.2, 0) is 17.6 Å². The molecule has 0 aliphatic carbocycles. The van der Waals surface area contributed by atoms with Crippen molar-refractivity contribution in [2.24, 2.45) is 0 Å². The van der Waals surface area contributed by atoms with Crippen molar-refractivity contribution in [1.82, 2.24) is 0 Å².